The van der Waals surface area contributed by atoms with Crippen LogP contribution < -0.4 is 5.32 Å². The molecule has 24 heavy (non-hydrogen) atoms. The molecule has 1 aromatic carbocycles. The lowest BCUT2D eigenvalue weighted by Gasteiger charge is -2.17. The molecule has 0 spiro atoms. The van der Waals surface area contributed by atoms with Crippen LogP contribution in [0.4, 0.5) is 39.5 Å². The molecule has 0 aliphatic rings. The van der Waals surface area contributed by atoms with Gasteiger partial charge in [-0.1, -0.05) is 11.6 Å². The van der Waals surface area contributed by atoms with E-state index in [1.807, 2.05) is 0 Å². The molecule has 0 bridgehead atoms. The van der Waals surface area contributed by atoms with Crippen molar-refractivity contribution in [2.45, 2.75) is 18.5 Å². The fraction of sp³-hybridized carbons (Fsp3) is 0.333. The second kappa shape index (κ2) is 6.69. The fourth-order valence-electron chi connectivity index (χ4n) is 1.53. The zero-order chi connectivity index (χ0) is 18.9. The molecule has 1 rings (SSSR count). The Morgan fingerprint density at radius 1 is 0.958 bits per heavy atom. The minimum Gasteiger partial charge on any atom is -0.346 e. The molecule has 0 aliphatic carbocycles. The average molecular weight is 387 g/mol. The molecule has 1 aromatic rings. The number of hydrogen-bond donors (Lipinski definition) is 1. The van der Waals surface area contributed by atoms with Gasteiger partial charge in [-0.15, -0.1) is 0 Å². The zero-order valence-electron chi connectivity index (χ0n) is 11.1. The quantitative estimate of drug-likeness (QED) is 0.755. The Hall–Kier alpha value is -1.65. The number of rotatable bonds is 3. The first kappa shape index (κ1) is 20.4. The molecule has 1 N–H and O–H groups in total. The summed E-state index contributed by atoms with van der Waals surface area (Å²) >= 11 is 5.10. The van der Waals surface area contributed by atoms with Gasteiger partial charge in [0.25, 0.3) is 0 Å². The smallest absolute Gasteiger partial charge is 0.346 e. The molecule has 0 atom stereocenters. The van der Waals surface area contributed by atoms with Crippen molar-refractivity contribution >= 4 is 17.5 Å². The van der Waals surface area contributed by atoms with Crippen molar-refractivity contribution in [3.05, 3.63) is 40.3 Å². The molecule has 0 saturated heterocycles. The van der Waals surface area contributed by atoms with E-state index in [1.165, 1.54) is 5.32 Å². The maximum absolute atomic E-state index is 12.7. The molecular formula is C12H6ClF9NO. The lowest BCUT2D eigenvalue weighted by atomic mass is 10.0. The van der Waals surface area contributed by atoms with E-state index in [0.29, 0.717) is 0 Å². The van der Waals surface area contributed by atoms with Crippen LogP contribution in [0.5, 0.6) is 0 Å². The number of nitrogens with one attached hydrogen (secondary N) is 1. The van der Waals surface area contributed by atoms with Gasteiger partial charge in [-0.2, -0.15) is 39.5 Å². The molecule has 0 aliphatic heterocycles. The van der Waals surface area contributed by atoms with Gasteiger partial charge in [0.05, 0.1) is 22.6 Å². The van der Waals surface area contributed by atoms with Gasteiger partial charge in [0, 0.05) is 0 Å². The highest BCUT2D eigenvalue weighted by Gasteiger charge is 2.41. The van der Waals surface area contributed by atoms with E-state index in [2.05, 4.69) is 0 Å². The number of amides is 1. The van der Waals surface area contributed by atoms with Crippen molar-refractivity contribution in [2.75, 3.05) is 6.54 Å². The van der Waals surface area contributed by atoms with Crippen molar-refractivity contribution in [3.63, 3.8) is 0 Å². The maximum Gasteiger partial charge on any atom is 0.417 e. The largest absolute Gasteiger partial charge is 0.417 e. The summed E-state index contributed by atoms with van der Waals surface area (Å²) in [4.78, 5) is 11.2. The molecule has 0 saturated carbocycles. The number of hydrogen-bond acceptors (Lipinski definition) is 1. The fourth-order valence-corrected chi connectivity index (χ4v) is 1.86. The molecule has 2 nitrogen and oxygen atoms in total. The third-order valence-corrected chi connectivity index (χ3v) is 2.87. The van der Waals surface area contributed by atoms with Crippen LogP contribution in [0.3, 0.4) is 0 Å². The average Bonchev–Trinajstić information content (AvgIpc) is 2.34. The Bertz CT molecular complexity index is 583. The Morgan fingerprint density at radius 2 is 1.38 bits per heavy atom. The summed E-state index contributed by atoms with van der Waals surface area (Å²) in [5.74, 6) is -1.52. The highest BCUT2D eigenvalue weighted by molar-refractivity contribution is 6.32. The predicted octanol–water partition coefficient (Wildman–Crippen LogP) is 4.61. The SMILES string of the molecule is O=C([CH]c1cc(C(F)(F)F)c(Cl)c(C(F)(F)F)c1)NCC(F)(F)F. The van der Waals surface area contributed by atoms with Crippen LogP contribution in [0, 0.1) is 6.42 Å². The summed E-state index contributed by atoms with van der Waals surface area (Å²) in [6.07, 6.45) is -15.1. The first-order chi connectivity index (χ1) is 10.6. The zero-order valence-corrected chi connectivity index (χ0v) is 11.9. The Kier molecular flexibility index (Phi) is 5.69. The lowest BCUT2D eigenvalue weighted by molar-refractivity contribution is -0.143. The standard InChI is InChI=1S/C12H6ClF9NO/c13-9-6(11(17,18)19)1-5(2-7(9)12(20,21)22)3-8(24)23-4-10(14,15)16/h1-3H,4H2,(H,23,24). The Labute approximate surface area is 133 Å². The second-order valence-corrected chi connectivity index (χ2v) is 4.78. The van der Waals surface area contributed by atoms with E-state index in [9.17, 15) is 44.3 Å². The Morgan fingerprint density at radius 3 is 1.71 bits per heavy atom. The third-order valence-electron chi connectivity index (χ3n) is 2.47. The van der Waals surface area contributed by atoms with Gasteiger partial charge in [0.2, 0.25) is 5.91 Å². The number of halogens is 10. The van der Waals surface area contributed by atoms with Crippen molar-refractivity contribution < 1.29 is 44.3 Å². The van der Waals surface area contributed by atoms with E-state index in [4.69, 9.17) is 11.6 Å². The van der Waals surface area contributed by atoms with Crippen molar-refractivity contribution in [1.82, 2.24) is 5.32 Å². The highest BCUT2D eigenvalue weighted by Crippen LogP contribution is 2.43. The molecule has 135 valence electrons. The first-order valence-corrected chi connectivity index (χ1v) is 6.16. The molecular weight excluding hydrogens is 381 g/mol. The highest BCUT2D eigenvalue weighted by atomic mass is 35.5. The Balaban J connectivity index is 3.18. The van der Waals surface area contributed by atoms with Gasteiger partial charge in [-0.05, 0) is 17.7 Å². The van der Waals surface area contributed by atoms with Crippen molar-refractivity contribution in [1.29, 1.82) is 0 Å². The number of benzene rings is 1. The van der Waals surface area contributed by atoms with Crippen molar-refractivity contribution in [2.24, 2.45) is 0 Å². The van der Waals surface area contributed by atoms with E-state index < -0.39 is 52.7 Å². The van der Waals surface area contributed by atoms with Gasteiger partial charge in [0.15, 0.2) is 0 Å². The maximum atomic E-state index is 12.7. The topological polar surface area (TPSA) is 29.1 Å². The van der Waals surface area contributed by atoms with Crippen LogP contribution in [0.1, 0.15) is 16.7 Å². The molecule has 0 aromatic heterocycles. The summed E-state index contributed by atoms with van der Waals surface area (Å²) in [5.41, 5.74) is -4.64. The molecule has 12 heteroatoms. The predicted molar refractivity (Wildman–Crippen MR) is 63.9 cm³/mol. The number of carbonyl (C=O) groups is 1. The molecule has 0 fully saturated rings. The third kappa shape index (κ3) is 5.77. The van der Waals surface area contributed by atoms with Crippen LogP contribution in [0.25, 0.3) is 0 Å². The van der Waals surface area contributed by atoms with E-state index >= 15 is 0 Å². The van der Waals surface area contributed by atoms with E-state index in [-0.39, 0.29) is 18.6 Å². The van der Waals surface area contributed by atoms with Gasteiger partial charge in [-0.25, -0.2) is 0 Å². The molecule has 0 unspecified atom stereocenters. The summed E-state index contributed by atoms with van der Waals surface area (Å²) in [6, 6.07) is 0.259. The van der Waals surface area contributed by atoms with Crippen LogP contribution in [-0.4, -0.2) is 18.6 Å². The lowest BCUT2D eigenvalue weighted by Crippen LogP contribution is -2.34. The minimum absolute atomic E-state index is 0.130. The van der Waals surface area contributed by atoms with Crippen LogP contribution in [-0.2, 0) is 17.1 Å². The second-order valence-electron chi connectivity index (χ2n) is 4.40. The minimum atomic E-state index is -5.26. The molecule has 1 radical (unpaired) electrons. The van der Waals surface area contributed by atoms with Gasteiger partial charge in [-0.3, -0.25) is 4.79 Å². The number of alkyl halides is 9. The molecule has 1 amide bonds. The van der Waals surface area contributed by atoms with Gasteiger partial charge < -0.3 is 5.32 Å². The summed E-state index contributed by atoms with van der Waals surface area (Å²) in [5, 5.41) is -0.335. The van der Waals surface area contributed by atoms with Crippen LogP contribution in [0.15, 0.2) is 12.1 Å². The summed E-state index contributed by atoms with van der Waals surface area (Å²) in [6.45, 7) is -1.80. The van der Waals surface area contributed by atoms with Crippen molar-refractivity contribution in [3.8, 4) is 0 Å². The van der Waals surface area contributed by atoms with E-state index in [1.54, 1.807) is 0 Å². The van der Waals surface area contributed by atoms with Crippen LogP contribution in [0.2, 0.25) is 5.02 Å². The first-order valence-electron chi connectivity index (χ1n) is 5.78. The molecule has 0 heterocycles. The van der Waals surface area contributed by atoms with Gasteiger partial charge >= 0.3 is 18.5 Å². The van der Waals surface area contributed by atoms with E-state index in [0.717, 1.165) is 0 Å². The van der Waals surface area contributed by atoms with Crippen LogP contribution >= 0.6 is 11.6 Å². The summed E-state index contributed by atoms with van der Waals surface area (Å²) < 4.78 is 112. The number of carbonyl (C=O) groups excluding carboxylic acids is 1. The normalized spacial score (nSPS) is 13.1. The summed E-state index contributed by atoms with van der Waals surface area (Å²) in [7, 11) is 0. The van der Waals surface area contributed by atoms with Gasteiger partial charge in [0.1, 0.15) is 6.54 Å². The monoisotopic (exact) mass is 386 g/mol.